The Morgan fingerprint density at radius 2 is 2.10 bits per heavy atom. The van der Waals surface area contributed by atoms with Gasteiger partial charge in [0.25, 0.3) is 0 Å². The topological polar surface area (TPSA) is 37.4 Å². The number of nitrogens with zero attached hydrogens (tertiary/aromatic N) is 1. The van der Waals surface area contributed by atoms with Crippen molar-refractivity contribution < 1.29 is 11.0 Å². The molecule has 0 heterocycles. The molecule has 0 bridgehead atoms. The van der Waals surface area contributed by atoms with Gasteiger partial charge < -0.3 is 4.90 Å². The Hall–Kier alpha value is -2.60. The molecule has 3 heteroatoms. The number of rotatable bonds is 4. The van der Waals surface area contributed by atoms with Gasteiger partial charge in [-0.1, -0.05) is 30.2 Å². The van der Waals surface area contributed by atoms with Crippen molar-refractivity contribution in [2.24, 2.45) is 0 Å². The van der Waals surface area contributed by atoms with Crippen LogP contribution in [-0.4, -0.2) is 31.2 Å². The maximum absolute atomic E-state index is 11.6. The van der Waals surface area contributed by atoms with E-state index in [1.54, 1.807) is 25.1 Å². The number of fused-ring (bicyclic) bond motifs is 1. The van der Waals surface area contributed by atoms with Crippen molar-refractivity contribution in [1.82, 2.24) is 4.90 Å². The average Bonchev–Trinajstić information content (AvgIpc) is 2.50. The third-order valence-corrected chi connectivity index (χ3v) is 3.53. The van der Waals surface area contributed by atoms with E-state index in [0.717, 1.165) is 22.6 Å². The van der Waals surface area contributed by atoms with E-state index >= 15 is 0 Å². The minimum Gasteiger partial charge on any atom is -0.349 e. The fourth-order valence-electron chi connectivity index (χ4n) is 2.29. The summed E-state index contributed by atoms with van der Waals surface area (Å²) < 4.78 is 0. The molecule has 21 heavy (non-hydrogen) atoms. The van der Waals surface area contributed by atoms with E-state index in [1.807, 2.05) is 24.3 Å². The highest BCUT2D eigenvalue weighted by Crippen LogP contribution is 2.23. The van der Waals surface area contributed by atoms with Crippen molar-refractivity contribution in [3.63, 3.8) is 0 Å². The van der Waals surface area contributed by atoms with Crippen LogP contribution in [0.1, 0.15) is 29.3 Å². The van der Waals surface area contributed by atoms with Crippen LogP contribution in [0.5, 0.6) is 0 Å². The van der Waals surface area contributed by atoms with Crippen molar-refractivity contribution in [3.8, 4) is 12.3 Å². The molecule has 0 spiro atoms. The number of carbonyl (C=O) groups excluding carboxylic acids is 2. The monoisotopic (exact) mass is 280 g/mol. The summed E-state index contributed by atoms with van der Waals surface area (Å²) in [5.41, 5.74) is 2.22. The highest BCUT2D eigenvalue weighted by Gasteiger charge is 2.08. The normalized spacial score (nSPS) is 10.1. The van der Waals surface area contributed by atoms with Gasteiger partial charge in [0, 0.05) is 33.1 Å². The third kappa shape index (κ3) is 3.11. The standard InChI is InChI=1S/C18H17NO2.H/c1-4-14-7-8-15-11-13(6-10-18(21)19(2)3)5-9-16(15)17(14)12-20;/h1,5,7-9,11-12H,6,10H2,2-3H3;. The van der Waals surface area contributed by atoms with Crippen LogP contribution in [0, 0.1) is 12.3 Å². The number of amides is 1. The second kappa shape index (κ2) is 6.23. The number of benzene rings is 2. The summed E-state index contributed by atoms with van der Waals surface area (Å²) in [6.07, 6.45) is 7.36. The van der Waals surface area contributed by atoms with Crippen LogP contribution >= 0.6 is 0 Å². The SMILES string of the molecule is C#Cc1ccc2cc(CCC(=O)N(C)C)ccc2c1C=O.[H]. The quantitative estimate of drug-likeness (QED) is 0.638. The summed E-state index contributed by atoms with van der Waals surface area (Å²) in [6, 6.07) is 9.54. The zero-order valence-electron chi connectivity index (χ0n) is 13.2. The molecule has 107 valence electrons. The van der Waals surface area contributed by atoms with Gasteiger partial charge in [0.1, 0.15) is 0 Å². The first-order valence-electron chi connectivity index (χ1n) is 6.74. The molecule has 2 rings (SSSR count). The molecule has 0 aliphatic rings. The Balaban J connectivity index is 0.00000242. The molecule has 0 aliphatic carbocycles. The molecule has 3 nitrogen and oxygen atoms in total. The number of terminal acetylenes is 1. The minimum atomic E-state index is 0. The van der Waals surface area contributed by atoms with Crippen molar-refractivity contribution in [2.75, 3.05) is 14.1 Å². The molecule has 1 radical (unpaired) electrons. The predicted molar refractivity (Wildman–Crippen MR) is 85.4 cm³/mol. The number of carbonyl (C=O) groups is 2. The fourth-order valence-corrected chi connectivity index (χ4v) is 2.29. The zero-order chi connectivity index (χ0) is 15.4. The molecular formula is C18H18NO2. The van der Waals surface area contributed by atoms with Gasteiger partial charge >= 0.3 is 0 Å². The van der Waals surface area contributed by atoms with Crippen molar-refractivity contribution in [3.05, 3.63) is 47.0 Å². The van der Waals surface area contributed by atoms with E-state index in [1.165, 1.54) is 0 Å². The summed E-state index contributed by atoms with van der Waals surface area (Å²) in [5, 5.41) is 1.81. The second-order valence-corrected chi connectivity index (χ2v) is 5.13. The van der Waals surface area contributed by atoms with Crippen LogP contribution in [0.15, 0.2) is 30.3 Å². The van der Waals surface area contributed by atoms with Gasteiger partial charge in [-0.15, -0.1) is 6.42 Å². The van der Waals surface area contributed by atoms with E-state index < -0.39 is 0 Å². The molecule has 0 aromatic heterocycles. The molecular weight excluding hydrogens is 262 g/mol. The summed E-state index contributed by atoms with van der Waals surface area (Å²) in [6.45, 7) is 0. The molecule has 0 fully saturated rings. The van der Waals surface area contributed by atoms with Gasteiger partial charge in [0.2, 0.25) is 5.91 Å². The van der Waals surface area contributed by atoms with Crippen molar-refractivity contribution in [2.45, 2.75) is 12.8 Å². The first kappa shape index (κ1) is 14.8. The lowest BCUT2D eigenvalue weighted by molar-refractivity contribution is -0.128. The zero-order valence-corrected chi connectivity index (χ0v) is 12.2. The molecule has 0 saturated carbocycles. The molecule has 2 aromatic rings. The van der Waals surface area contributed by atoms with E-state index in [4.69, 9.17) is 6.42 Å². The molecule has 0 N–H and O–H groups in total. The first-order chi connectivity index (χ1) is 10.1. The lowest BCUT2D eigenvalue weighted by Gasteiger charge is -2.10. The van der Waals surface area contributed by atoms with Crippen LogP contribution in [0.25, 0.3) is 10.8 Å². The Morgan fingerprint density at radius 1 is 1.33 bits per heavy atom. The smallest absolute Gasteiger partial charge is 0.222 e. The number of aldehydes is 1. The number of hydrogen-bond donors (Lipinski definition) is 0. The number of aryl methyl sites for hydroxylation is 1. The predicted octanol–water partition coefficient (Wildman–Crippen LogP) is 2.77. The molecule has 1 amide bonds. The van der Waals surface area contributed by atoms with Crippen LogP contribution < -0.4 is 0 Å². The Bertz CT molecular complexity index is 745. The van der Waals surface area contributed by atoms with Gasteiger partial charge in [-0.2, -0.15) is 0 Å². The largest absolute Gasteiger partial charge is 0.349 e. The molecule has 0 unspecified atom stereocenters. The summed E-state index contributed by atoms with van der Waals surface area (Å²) in [5.74, 6) is 2.63. The van der Waals surface area contributed by atoms with Crippen LogP contribution in [0.4, 0.5) is 0 Å². The van der Waals surface area contributed by atoms with E-state index in [2.05, 4.69) is 5.92 Å². The summed E-state index contributed by atoms with van der Waals surface area (Å²) in [4.78, 5) is 24.4. The highest BCUT2D eigenvalue weighted by atomic mass is 16.2. The summed E-state index contributed by atoms with van der Waals surface area (Å²) in [7, 11) is 3.50. The molecule has 0 saturated heterocycles. The molecule has 2 aromatic carbocycles. The van der Waals surface area contributed by atoms with Gasteiger partial charge in [0.05, 0.1) is 0 Å². The Labute approximate surface area is 126 Å². The minimum absolute atomic E-state index is 0. The first-order valence-corrected chi connectivity index (χ1v) is 6.74. The second-order valence-electron chi connectivity index (χ2n) is 5.13. The maximum Gasteiger partial charge on any atom is 0.222 e. The van der Waals surface area contributed by atoms with Crippen LogP contribution in [0.3, 0.4) is 0 Å². The molecule has 0 atom stereocenters. The van der Waals surface area contributed by atoms with Crippen molar-refractivity contribution >= 4 is 23.0 Å². The van der Waals surface area contributed by atoms with Crippen molar-refractivity contribution in [1.29, 1.82) is 0 Å². The Kier molecular flexibility index (Phi) is 4.39. The highest BCUT2D eigenvalue weighted by molar-refractivity contribution is 6.00. The lowest BCUT2D eigenvalue weighted by atomic mass is 9.97. The maximum atomic E-state index is 11.6. The van der Waals surface area contributed by atoms with Gasteiger partial charge in [-0.25, -0.2) is 0 Å². The van der Waals surface area contributed by atoms with E-state index in [-0.39, 0.29) is 7.33 Å². The third-order valence-electron chi connectivity index (χ3n) is 3.53. The van der Waals surface area contributed by atoms with Crippen LogP contribution in [-0.2, 0) is 11.2 Å². The lowest BCUT2D eigenvalue weighted by Crippen LogP contribution is -2.21. The Morgan fingerprint density at radius 3 is 2.71 bits per heavy atom. The van der Waals surface area contributed by atoms with Gasteiger partial charge in [-0.05, 0) is 28.8 Å². The van der Waals surface area contributed by atoms with E-state index in [0.29, 0.717) is 24.0 Å². The number of hydrogen-bond acceptors (Lipinski definition) is 2. The average molecular weight is 280 g/mol. The summed E-state index contributed by atoms with van der Waals surface area (Å²) >= 11 is 0. The molecule has 0 aliphatic heterocycles. The van der Waals surface area contributed by atoms with E-state index in [9.17, 15) is 9.59 Å². The van der Waals surface area contributed by atoms with Gasteiger partial charge in [0.15, 0.2) is 6.29 Å². The fraction of sp³-hybridized carbons (Fsp3) is 0.222. The van der Waals surface area contributed by atoms with Crippen LogP contribution in [0.2, 0.25) is 0 Å². The van der Waals surface area contributed by atoms with Gasteiger partial charge in [-0.3, -0.25) is 9.59 Å².